The van der Waals surface area contributed by atoms with Crippen molar-refractivity contribution in [3.8, 4) is 0 Å². The minimum absolute atomic E-state index is 0.00310. The lowest BCUT2D eigenvalue weighted by atomic mass is 10.1. The molecule has 1 unspecified atom stereocenters. The maximum atomic E-state index is 11.8. The molecule has 0 aliphatic carbocycles. The predicted octanol–water partition coefficient (Wildman–Crippen LogP) is 2.67. The zero-order valence-corrected chi connectivity index (χ0v) is 10.9. The molecule has 5 heteroatoms. The van der Waals surface area contributed by atoms with Gasteiger partial charge in [-0.25, -0.2) is 0 Å². The van der Waals surface area contributed by atoms with Crippen molar-refractivity contribution in [3.63, 3.8) is 0 Å². The van der Waals surface area contributed by atoms with Gasteiger partial charge in [0.05, 0.1) is 7.11 Å². The Morgan fingerprint density at radius 3 is 3.00 bits per heavy atom. The Labute approximate surface area is 106 Å². The molecule has 84 valence electrons. The molecule has 0 radical (unpaired) electrons. The van der Waals surface area contributed by atoms with Gasteiger partial charge in [0.2, 0.25) is 0 Å². The molecular weight excluding hydrogens is 292 g/mol. The first-order valence-electron chi connectivity index (χ1n) is 4.69. The van der Waals surface area contributed by atoms with E-state index in [1.54, 1.807) is 6.07 Å². The van der Waals surface area contributed by atoms with E-state index in [1.807, 2.05) is 12.1 Å². The summed E-state index contributed by atoms with van der Waals surface area (Å²) in [5.41, 5.74) is 0.688. The molecule has 2 rings (SSSR count). The number of Topliss-reactive ketones (excluding diaryl/α,β-unsaturated/α-hetero) is 1. The number of methoxy groups -OCH3 is 1. The molecule has 0 amide bonds. The second kappa shape index (κ2) is 4.59. The maximum absolute atomic E-state index is 11.8. The molecule has 0 spiro atoms. The monoisotopic (exact) mass is 300 g/mol. The van der Waals surface area contributed by atoms with Gasteiger partial charge >= 0.3 is 5.97 Å². The van der Waals surface area contributed by atoms with E-state index < -0.39 is 5.25 Å². The molecule has 0 aromatic heterocycles. The van der Waals surface area contributed by atoms with Crippen LogP contribution < -0.4 is 0 Å². The summed E-state index contributed by atoms with van der Waals surface area (Å²) in [5.74, 6) is -0.347. The van der Waals surface area contributed by atoms with Crippen LogP contribution in [0.1, 0.15) is 16.8 Å². The molecule has 1 aromatic carbocycles. The summed E-state index contributed by atoms with van der Waals surface area (Å²) in [5, 5.41) is -0.417. The van der Waals surface area contributed by atoms with Gasteiger partial charge in [0, 0.05) is 21.4 Å². The summed E-state index contributed by atoms with van der Waals surface area (Å²) >= 11 is 4.73. The number of ether oxygens (including phenoxy) is 1. The number of halogens is 1. The van der Waals surface area contributed by atoms with Gasteiger partial charge in [-0.2, -0.15) is 0 Å². The smallest absolute Gasteiger partial charge is 0.319 e. The van der Waals surface area contributed by atoms with E-state index in [2.05, 4.69) is 20.7 Å². The van der Waals surface area contributed by atoms with Crippen molar-refractivity contribution in [2.45, 2.75) is 16.6 Å². The van der Waals surface area contributed by atoms with Crippen molar-refractivity contribution in [1.82, 2.24) is 0 Å². The van der Waals surface area contributed by atoms with Crippen LogP contribution in [0.5, 0.6) is 0 Å². The Balaban J connectivity index is 2.34. The van der Waals surface area contributed by atoms with Crippen LogP contribution in [0.4, 0.5) is 0 Å². The van der Waals surface area contributed by atoms with Crippen LogP contribution in [0.3, 0.4) is 0 Å². The molecule has 3 nitrogen and oxygen atoms in total. The number of benzene rings is 1. The highest BCUT2D eigenvalue weighted by atomic mass is 79.9. The number of carbonyl (C=O) groups is 2. The molecule has 0 fully saturated rings. The van der Waals surface area contributed by atoms with E-state index in [9.17, 15) is 9.59 Å². The van der Waals surface area contributed by atoms with Crippen LogP contribution >= 0.6 is 27.7 Å². The van der Waals surface area contributed by atoms with Crippen molar-refractivity contribution in [3.05, 3.63) is 28.2 Å². The minimum Gasteiger partial charge on any atom is -0.468 e. The molecule has 1 aliphatic heterocycles. The summed E-state index contributed by atoms with van der Waals surface area (Å²) in [7, 11) is 1.34. The Morgan fingerprint density at radius 2 is 2.31 bits per heavy atom. The first-order chi connectivity index (χ1) is 7.61. The van der Waals surface area contributed by atoms with Crippen molar-refractivity contribution < 1.29 is 14.3 Å². The summed E-state index contributed by atoms with van der Waals surface area (Å²) in [6, 6.07) is 5.46. The summed E-state index contributed by atoms with van der Waals surface area (Å²) in [6.07, 6.45) is 0.214. The fraction of sp³-hybridized carbons (Fsp3) is 0.273. The van der Waals surface area contributed by atoms with Gasteiger partial charge in [-0.1, -0.05) is 15.9 Å². The zero-order chi connectivity index (χ0) is 11.7. The van der Waals surface area contributed by atoms with Gasteiger partial charge < -0.3 is 4.74 Å². The molecule has 1 heterocycles. The summed E-state index contributed by atoms with van der Waals surface area (Å²) in [6.45, 7) is 0. The van der Waals surface area contributed by atoms with Gasteiger partial charge in [-0.3, -0.25) is 9.59 Å². The van der Waals surface area contributed by atoms with Crippen LogP contribution in [0.25, 0.3) is 0 Å². The fourth-order valence-electron chi connectivity index (χ4n) is 1.56. The average molecular weight is 301 g/mol. The molecular formula is C11H9BrO3S. The van der Waals surface area contributed by atoms with Gasteiger partial charge in [0.1, 0.15) is 5.25 Å². The highest BCUT2D eigenvalue weighted by Crippen LogP contribution is 2.37. The molecule has 1 aliphatic rings. The van der Waals surface area contributed by atoms with Crippen molar-refractivity contribution >= 4 is 39.4 Å². The number of thioether (sulfide) groups is 1. The Bertz CT molecular complexity index is 459. The molecule has 0 saturated carbocycles. The fourth-order valence-corrected chi connectivity index (χ4v) is 3.31. The van der Waals surface area contributed by atoms with Crippen LogP contribution in [0.15, 0.2) is 27.6 Å². The van der Waals surface area contributed by atoms with Crippen LogP contribution in [-0.2, 0) is 9.53 Å². The lowest BCUT2D eigenvalue weighted by Gasteiger charge is -2.21. The van der Waals surface area contributed by atoms with Crippen LogP contribution in [-0.4, -0.2) is 24.1 Å². The Kier molecular flexibility index (Phi) is 3.35. The lowest BCUT2D eigenvalue weighted by Crippen LogP contribution is -2.26. The highest BCUT2D eigenvalue weighted by molar-refractivity contribution is 9.10. The Hall–Kier alpha value is -0.810. The maximum Gasteiger partial charge on any atom is 0.319 e. The molecule has 16 heavy (non-hydrogen) atoms. The summed E-state index contributed by atoms with van der Waals surface area (Å²) in [4.78, 5) is 24.0. The third-order valence-corrected chi connectivity index (χ3v) is 4.08. The van der Waals surface area contributed by atoms with Gasteiger partial charge in [0.25, 0.3) is 0 Å². The quantitative estimate of drug-likeness (QED) is 0.748. The van der Waals surface area contributed by atoms with E-state index >= 15 is 0 Å². The largest absolute Gasteiger partial charge is 0.468 e. The number of hydrogen-bond donors (Lipinski definition) is 0. The third-order valence-electron chi connectivity index (χ3n) is 2.35. The topological polar surface area (TPSA) is 43.4 Å². The van der Waals surface area contributed by atoms with Crippen LogP contribution in [0, 0.1) is 0 Å². The van der Waals surface area contributed by atoms with Crippen molar-refractivity contribution in [1.29, 1.82) is 0 Å². The number of carbonyl (C=O) groups excluding carboxylic acids is 2. The summed E-state index contributed by atoms with van der Waals surface area (Å²) < 4.78 is 5.56. The molecule has 1 atom stereocenters. The number of hydrogen-bond acceptors (Lipinski definition) is 4. The van der Waals surface area contributed by atoms with Gasteiger partial charge in [-0.15, -0.1) is 11.8 Å². The van der Waals surface area contributed by atoms with Gasteiger partial charge in [0.15, 0.2) is 5.78 Å². The number of esters is 1. The SMILES string of the molecule is COC(=O)C1CC(=O)c2ccc(Br)cc2S1. The number of ketones is 1. The number of fused-ring (bicyclic) bond motifs is 1. The van der Waals surface area contributed by atoms with Crippen molar-refractivity contribution in [2.75, 3.05) is 7.11 Å². The molecule has 0 saturated heterocycles. The lowest BCUT2D eigenvalue weighted by molar-refractivity contribution is -0.139. The van der Waals surface area contributed by atoms with E-state index in [0.717, 1.165) is 9.37 Å². The first kappa shape index (κ1) is 11.7. The van der Waals surface area contributed by atoms with E-state index in [-0.39, 0.29) is 18.2 Å². The second-order valence-corrected chi connectivity index (χ2v) is 5.56. The number of rotatable bonds is 1. The normalized spacial score (nSPS) is 19.1. The first-order valence-corrected chi connectivity index (χ1v) is 6.36. The van der Waals surface area contributed by atoms with Crippen LogP contribution in [0.2, 0.25) is 0 Å². The second-order valence-electron chi connectivity index (χ2n) is 3.40. The average Bonchev–Trinajstić information content (AvgIpc) is 2.27. The Morgan fingerprint density at radius 1 is 1.56 bits per heavy atom. The van der Waals surface area contributed by atoms with Crippen molar-refractivity contribution in [2.24, 2.45) is 0 Å². The standard InChI is InChI=1S/C11H9BrO3S/c1-15-11(14)10-5-8(13)7-3-2-6(12)4-9(7)16-10/h2-4,10H,5H2,1H3. The van der Waals surface area contributed by atoms with E-state index in [1.165, 1.54) is 18.9 Å². The molecule has 0 bridgehead atoms. The zero-order valence-electron chi connectivity index (χ0n) is 8.53. The van der Waals surface area contributed by atoms with E-state index in [0.29, 0.717) is 5.56 Å². The predicted molar refractivity (Wildman–Crippen MR) is 64.8 cm³/mol. The molecule has 0 N–H and O–H groups in total. The highest BCUT2D eigenvalue weighted by Gasteiger charge is 2.31. The van der Waals surface area contributed by atoms with E-state index in [4.69, 9.17) is 0 Å². The third kappa shape index (κ3) is 2.15. The minimum atomic E-state index is -0.417. The van der Waals surface area contributed by atoms with Gasteiger partial charge in [-0.05, 0) is 18.2 Å². The molecule has 1 aromatic rings.